The smallest absolute Gasteiger partial charge is 0.256 e. The van der Waals surface area contributed by atoms with Gasteiger partial charge >= 0.3 is 0 Å². The molecule has 0 radical (unpaired) electrons. The highest BCUT2D eigenvalue weighted by Gasteiger charge is 2.22. The molecule has 1 aliphatic rings. The molecule has 0 spiro atoms. The molecule has 1 amide bonds. The first-order chi connectivity index (χ1) is 13.8. The van der Waals surface area contributed by atoms with E-state index in [9.17, 15) is 4.79 Å². The molecule has 0 saturated heterocycles. The molecule has 2 aromatic heterocycles. The van der Waals surface area contributed by atoms with Gasteiger partial charge in [0.25, 0.3) is 5.91 Å². The molecule has 1 saturated carbocycles. The summed E-state index contributed by atoms with van der Waals surface area (Å²) in [6, 6.07) is 4.75. The van der Waals surface area contributed by atoms with E-state index in [1.165, 1.54) is 40.7 Å². The Bertz CT molecular complexity index is 1070. The maximum absolute atomic E-state index is 12.8. The Kier molecular flexibility index (Phi) is 5.15. The van der Waals surface area contributed by atoms with Crippen molar-refractivity contribution in [2.45, 2.75) is 72.8 Å². The van der Waals surface area contributed by atoms with E-state index in [4.69, 9.17) is 4.98 Å². The first-order valence-electron chi connectivity index (χ1n) is 10.6. The lowest BCUT2D eigenvalue weighted by molar-refractivity contribution is 0.0939. The molecule has 29 heavy (non-hydrogen) atoms. The second-order valence-electron chi connectivity index (χ2n) is 8.56. The van der Waals surface area contributed by atoms with Crippen LogP contribution in [-0.2, 0) is 6.42 Å². The monoisotopic (exact) mass is 390 g/mol. The van der Waals surface area contributed by atoms with E-state index in [0.29, 0.717) is 11.2 Å². The summed E-state index contributed by atoms with van der Waals surface area (Å²) >= 11 is 0. The number of rotatable bonds is 4. The van der Waals surface area contributed by atoms with E-state index in [2.05, 4.69) is 50.2 Å². The first-order valence-corrected chi connectivity index (χ1v) is 10.6. The molecule has 5 heteroatoms. The van der Waals surface area contributed by atoms with E-state index in [1.807, 2.05) is 11.4 Å². The first kappa shape index (κ1) is 19.6. The molecule has 1 fully saturated rings. The molecule has 2 heterocycles. The number of nitrogens with zero attached hydrogens (tertiary/aromatic N) is 3. The summed E-state index contributed by atoms with van der Waals surface area (Å²) in [6.07, 6.45) is 6.99. The molecule has 1 N–H and O–H groups in total. The molecule has 152 valence electrons. The third kappa shape index (κ3) is 3.66. The number of amides is 1. The minimum atomic E-state index is -0.0591. The van der Waals surface area contributed by atoms with Gasteiger partial charge in [0, 0.05) is 23.9 Å². The number of carbonyl (C=O) groups excluding carboxylic acids is 1. The van der Waals surface area contributed by atoms with Crippen molar-refractivity contribution in [2.24, 2.45) is 0 Å². The van der Waals surface area contributed by atoms with Gasteiger partial charge in [0.15, 0.2) is 5.65 Å². The van der Waals surface area contributed by atoms with Crippen LogP contribution in [-0.4, -0.2) is 26.5 Å². The molecule has 1 aliphatic carbocycles. The average molecular weight is 391 g/mol. The second-order valence-corrected chi connectivity index (χ2v) is 8.56. The highest BCUT2D eigenvalue weighted by Crippen LogP contribution is 2.25. The van der Waals surface area contributed by atoms with Crippen molar-refractivity contribution in [1.82, 2.24) is 19.9 Å². The summed E-state index contributed by atoms with van der Waals surface area (Å²) in [5, 5.41) is 7.66. The highest BCUT2D eigenvalue weighted by atomic mass is 16.1. The lowest BCUT2D eigenvalue weighted by atomic mass is 9.93. The summed E-state index contributed by atoms with van der Waals surface area (Å²) in [4.78, 5) is 17.6. The Hall–Kier alpha value is -2.69. The van der Waals surface area contributed by atoms with Gasteiger partial charge < -0.3 is 5.32 Å². The SMILES string of the molecule is Cc1cc(C)c(Cc2c(C)nc3c(C(=O)NC4CCCC4)cnn3c2C)c(C)c1. The van der Waals surface area contributed by atoms with Gasteiger partial charge in [-0.3, -0.25) is 4.79 Å². The number of nitrogens with one attached hydrogen (secondary N) is 1. The Labute approximate surface area is 172 Å². The van der Waals surface area contributed by atoms with Gasteiger partial charge in [0.1, 0.15) is 5.56 Å². The van der Waals surface area contributed by atoms with Crippen LogP contribution in [0, 0.1) is 34.6 Å². The minimum Gasteiger partial charge on any atom is -0.349 e. The number of aromatic nitrogens is 3. The summed E-state index contributed by atoms with van der Waals surface area (Å²) < 4.78 is 1.82. The Balaban J connectivity index is 1.70. The Morgan fingerprint density at radius 2 is 1.72 bits per heavy atom. The van der Waals surface area contributed by atoms with Gasteiger partial charge in [-0.2, -0.15) is 5.10 Å². The zero-order valence-corrected chi connectivity index (χ0v) is 18.1. The molecule has 4 rings (SSSR count). The van der Waals surface area contributed by atoms with Crippen LogP contribution in [0.4, 0.5) is 0 Å². The molecule has 0 aliphatic heterocycles. The van der Waals surface area contributed by atoms with E-state index in [-0.39, 0.29) is 11.9 Å². The fraction of sp³-hybridized carbons (Fsp3) is 0.458. The van der Waals surface area contributed by atoms with Gasteiger partial charge in [0.05, 0.1) is 6.20 Å². The predicted octanol–water partition coefficient (Wildman–Crippen LogP) is 4.53. The minimum absolute atomic E-state index is 0.0591. The number of carbonyl (C=O) groups is 1. The third-order valence-corrected chi connectivity index (χ3v) is 6.34. The lowest BCUT2D eigenvalue weighted by Crippen LogP contribution is -2.32. The van der Waals surface area contributed by atoms with Crippen molar-refractivity contribution in [3.05, 3.63) is 63.1 Å². The van der Waals surface area contributed by atoms with E-state index in [1.54, 1.807) is 6.20 Å². The molecule has 3 aromatic rings. The molecule has 0 unspecified atom stereocenters. The molecule has 0 atom stereocenters. The fourth-order valence-corrected chi connectivity index (χ4v) is 4.73. The predicted molar refractivity (Wildman–Crippen MR) is 116 cm³/mol. The summed E-state index contributed by atoms with van der Waals surface area (Å²) in [7, 11) is 0. The molecule has 1 aromatic carbocycles. The van der Waals surface area contributed by atoms with E-state index >= 15 is 0 Å². The van der Waals surface area contributed by atoms with Gasteiger partial charge in [0.2, 0.25) is 0 Å². The Morgan fingerprint density at radius 1 is 1.07 bits per heavy atom. The molecular weight excluding hydrogens is 360 g/mol. The van der Waals surface area contributed by atoms with Crippen LogP contribution in [0.3, 0.4) is 0 Å². The van der Waals surface area contributed by atoms with Crippen LogP contribution < -0.4 is 5.32 Å². The number of hydrogen-bond donors (Lipinski definition) is 1. The van der Waals surface area contributed by atoms with Crippen molar-refractivity contribution in [2.75, 3.05) is 0 Å². The average Bonchev–Trinajstić information content (AvgIpc) is 3.30. The lowest BCUT2D eigenvalue weighted by Gasteiger charge is -2.16. The van der Waals surface area contributed by atoms with Gasteiger partial charge in [-0.1, -0.05) is 30.5 Å². The number of benzene rings is 1. The van der Waals surface area contributed by atoms with Crippen molar-refractivity contribution in [1.29, 1.82) is 0 Å². The molecular formula is C24H30N4O. The topological polar surface area (TPSA) is 59.3 Å². The van der Waals surface area contributed by atoms with Crippen LogP contribution in [0.15, 0.2) is 18.3 Å². The van der Waals surface area contributed by atoms with Gasteiger partial charge in [-0.15, -0.1) is 0 Å². The number of hydrogen-bond acceptors (Lipinski definition) is 3. The van der Waals surface area contributed by atoms with E-state index in [0.717, 1.165) is 30.7 Å². The van der Waals surface area contributed by atoms with Crippen LogP contribution in [0.2, 0.25) is 0 Å². The van der Waals surface area contributed by atoms with Gasteiger partial charge in [-0.25, -0.2) is 9.50 Å². The fourth-order valence-electron chi connectivity index (χ4n) is 4.73. The number of fused-ring (bicyclic) bond motifs is 1. The standard InChI is InChI=1S/C24H30N4O/c1-14-10-15(2)20(16(3)11-14)12-21-17(4)26-23-22(13-25-28(23)18(21)5)24(29)27-19-8-6-7-9-19/h10-11,13,19H,6-9,12H2,1-5H3,(H,27,29). The molecule has 0 bridgehead atoms. The summed E-state index contributed by atoms with van der Waals surface area (Å²) in [6.45, 7) is 10.6. The second kappa shape index (κ2) is 7.62. The maximum atomic E-state index is 12.8. The third-order valence-electron chi connectivity index (χ3n) is 6.34. The Morgan fingerprint density at radius 3 is 2.38 bits per heavy atom. The summed E-state index contributed by atoms with van der Waals surface area (Å²) in [5.74, 6) is -0.0591. The molecule has 5 nitrogen and oxygen atoms in total. The van der Waals surface area contributed by atoms with Crippen LogP contribution in [0.5, 0.6) is 0 Å². The van der Waals surface area contributed by atoms with Gasteiger partial charge in [-0.05, 0) is 69.7 Å². The normalized spacial score (nSPS) is 14.7. The van der Waals surface area contributed by atoms with Crippen LogP contribution in [0.25, 0.3) is 5.65 Å². The van der Waals surface area contributed by atoms with Crippen molar-refractivity contribution in [3.8, 4) is 0 Å². The zero-order chi connectivity index (χ0) is 20.7. The number of aryl methyl sites for hydroxylation is 5. The zero-order valence-electron chi connectivity index (χ0n) is 18.1. The van der Waals surface area contributed by atoms with Crippen molar-refractivity contribution < 1.29 is 4.79 Å². The summed E-state index contributed by atoms with van der Waals surface area (Å²) in [5.41, 5.74) is 9.64. The van der Waals surface area contributed by atoms with E-state index < -0.39 is 0 Å². The van der Waals surface area contributed by atoms with Crippen molar-refractivity contribution in [3.63, 3.8) is 0 Å². The highest BCUT2D eigenvalue weighted by molar-refractivity contribution is 5.99. The van der Waals surface area contributed by atoms with Crippen LogP contribution >= 0.6 is 0 Å². The quantitative estimate of drug-likeness (QED) is 0.712. The van der Waals surface area contributed by atoms with Crippen molar-refractivity contribution >= 4 is 11.6 Å². The van der Waals surface area contributed by atoms with Crippen LogP contribution in [0.1, 0.15) is 75.2 Å². The maximum Gasteiger partial charge on any atom is 0.256 e. The largest absolute Gasteiger partial charge is 0.349 e.